The maximum atomic E-state index is 13.2. The molecule has 3 aromatic rings. The van der Waals surface area contributed by atoms with Gasteiger partial charge in [0.25, 0.3) is 5.91 Å². The molecule has 1 heterocycles. The van der Waals surface area contributed by atoms with Crippen LogP contribution in [0.4, 0.5) is 0 Å². The van der Waals surface area contributed by atoms with E-state index < -0.39 is 5.97 Å². The zero-order valence-electron chi connectivity index (χ0n) is 18.1. The van der Waals surface area contributed by atoms with Gasteiger partial charge < -0.3 is 16.2 Å². The molecule has 4 N–H and O–H groups in total. The van der Waals surface area contributed by atoms with Crippen LogP contribution in [0, 0.1) is 11.8 Å². The third-order valence-electron chi connectivity index (χ3n) is 6.39. The van der Waals surface area contributed by atoms with E-state index >= 15 is 0 Å². The lowest BCUT2D eigenvalue weighted by Crippen LogP contribution is -2.32. The molecule has 6 heteroatoms. The predicted octanol–water partition coefficient (Wildman–Crippen LogP) is 4.02. The van der Waals surface area contributed by atoms with Crippen molar-refractivity contribution >= 4 is 22.8 Å². The van der Waals surface area contributed by atoms with Gasteiger partial charge in [0.15, 0.2) is 0 Å². The molecule has 0 spiro atoms. The van der Waals surface area contributed by atoms with Crippen LogP contribution in [-0.4, -0.2) is 35.1 Å². The molecule has 166 valence electrons. The molecular formula is C26H29N3O3. The number of nitrogens with two attached hydrogens (primary N) is 1. The molecule has 32 heavy (non-hydrogen) atoms. The average Bonchev–Trinajstić information content (AvgIpc) is 2.82. The van der Waals surface area contributed by atoms with Gasteiger partial charge in [-0.1, -0.05) is 36.4 Å². The highest BCUT2D eigenvalue weighted by Crippen LogP contribution is 2.28. The van der Waals surface area contributed by atoms with Crippen LogP contribution in [0.3, 0.4) is 0 Å². The van der Waals surface area contributed by atoms with Gasteiger partial charge in [0, 0.05) is 17.5 Å². The molecule has 0 atom stereocenters. The number of hydrogen-bond acceptors (Lipinski definition) is 4. The summed E-state index contributed by atoms with van der Waals surface area (Å²) in [5, 5.41) is 13.0. The minimum atomic E-state index is -0.880. The first-order chi connectivity index (χ1) is 15.5. The smallest absolute Gasteiger partial charge is 0.307 e. The van der Waals surface area contributed by atoms with Crippen LogP contribution >= 0.6 is 0 Å². The standard InChI is InChI=1S/C26H29N3O3/c27-15-17-8-10-18(11-9-17)16-28-26(32)22-14-24(29-23-7-2-1-6-21(22)23)20-5-3-4-19(12-20)13-25(30)31/h1-7,12,14,17-18H,8-11,13,15-16,27H2,(H,28,32)(H,30,31). The number of nitrogens with zero attached hydrogens (tertiary/aromatic N) is 1. The van der Waals surface area contributed by atoms with E-state index in [-0.39, 0.29) is 12.3 Å². The van der Waals surface area contributed by atoms with Crippen molar-refractivity contribution in [3.05, 3.63) is 65.7 Å². The number of nitrogens with one attached hydrogen (secondary N) is 1. The van der Waals surface area contributed by atoms with E-state index in [1.165, 1.54) is 0 Å². The van der Waals surface area contributed by atoms with Crippen LogP contribution in [0.5, 0.6) is 0 Å². The summed E-state index contributed by atoms with van der Waals surface area (Å²) in [6.45, 7) is 1.41. The first-order valence-electron chi connectivity index (χ1n) is 11.2. The van der Waals surface area contributed by atoms with Crippen molar-refractivity contribution in [1.82, 2.24) is 10.3 Å². The molecule has 0 radical (unpaired) electrons. The number of carboxylic acids is 1. The topological polar surface area (TPSA) is 105 Å². The summed E-state index contributed by atoms with van der Waals surface area (Å²) in [4.78, 5) is 29.0. The maximum Gasteiger partial charge on any atom is 0.307 e. The van der Waals surface area contributed by atoms with E-state index in [2.05, 4.69) is 5.32 Å². The number of carbonyl (C=O) groups is 2. The fraction of sp³-hybridized carbons (Fsp3) is 0.346. The monoisotopic (exact) mass is 431 g/mol. The number of pyridine rings is 1. The van der Waals surface area contributed by atoms with Crippen LogP contribution in [-0.2, 0) is 11.2 Å². The fourth-order valence-corrected chi connectivity index (χ4v) is 4.53. The van der Waals surface area contributed by atoms with Crippen molar-refractivity contribution in [2.45, 2.75) is 32.1 Å². The van der Waals surface area contributed by atoms with Crippen molar-refractivity contribution in [2.24, 2.45) is 17.6 Å². The third kappa shape index (κ3) is 5.14. The lowest BCUT2D eigenvalue weighted by molar-refractivity contribution is -0.136. The van der Waals surface area contributed by atoms with Crippen LogP contribution < -0.4 is 11.1 Å². The molecule has 0 saturated heterocycles. The van der Waals surface area contributed by atoms with Crippen molar-refractivity contribution in [1.29, 1.82) is 0 Å². The number of carbonyl (C=O) groups excluding carboxylic acids is 1. The molecule has 1 amide bonds. The number of carboxylic acid groups (broad SMARTS) is 1. The van der Waals surface area contributed by atoms with Gasteiger partial charge >= 0.3 is 5.97 Å². The Morgan fingerprint density at radius 1 is 1.00 bits per heavy atom. The molecule has 1 saturated carbocycles. The Kier molecular flexibility index (Phi) is 6.81. The Labute approximate surface area is 187 Å². The number of benzene rings is 2. The summed E-state index contributed by atoms with van der Waals surface area (Å²) in [7, 11) is 0. The highest BCUT2D eigenvalue weighted by atomic mass is 16.4. The number of amides is 1. The van der Waals surface area contributed by atoms with E-state index in [1.807, 2.05) is 48.5 Å². The third-order valence-corrected chi connectivity index (χ3v) is 6.39. The number of para-hydroxylation sites is 1. The number of fused-ring (bicyclic) bond motifs is 1. The van der Waals surface area contributed by atoms with Crippen LogP contribution in [0.1, 0.15) is 41.6 Å². The first-order valence-corrected chi connectivity index (χ1v) is 11.2. The summed E-state index contributed by atoms with van der Waals surface area (Å²) in [6.07, 6.45) is 4.40. The highest BCUT2D eigenvalue weighted by Gasteiger charge is 2.21. The molecule has 0 unspecified atom stereocenters. The normalized spacial score (nSPS) is 18.4. The van der Waals surface area contributed by atoms with Gasteiger partial charge in [-0.05, 0) is 67.8 Å². The lowest BCUT2D eigenvalue weighted by Gasteiger charge is -2.27. The van der Waals surface area contributed by atoms with Crippen molar-refractivity contribution in [3.63, 3.8) is 0 Å². The van der Waals surface area contributed by atoms with Gasteiger partial charge in [-0.2, -0.15) is 0 Å². The number of rotatable bonds is 7. The molecular weight excluding hydrogens is 402 g/mol. The molecule has 1 aromatic heterocycles. The molecule has 1 aliphatic rings. The second-order valence-electron chi connectivity index (χ2n) is 8.68. The van der Waals surface area contributed by atoms with Gasteiger partial charge in [0.2, 0.25) is 0 Å². The Bertz CT molecular complexity index is 1120. The van der Waals surface area contributed by atoms with E-state index in [4.69, 9.17) is 15.8 Å². The Hall–Kier alpha value is -3.25. The van der Waals surface area contributed by atoms with E-state index in [0.717, 1.165) is 48.7 Å². The fourth-order valence-electron chi connectivity index (χ4n) is 4.53. The largest absolute Gasteiger partial charge is 0.481 e. The summed E-state index contributed by atoms with van der Waals surface area (Å²) in [6, 6.07) is 16.7. The van der Waals surface area contributed by atoms with Crippen molar-refractivity contribution in [3.8, 4) is 11.3 Å². The van der Waals surface area contributed by atoms with Crippen molar-refractivity contribution in [2.75, 3.05) is 13.1 Å². The van der Waals surface area contributed by atoms with Gasteiger partial charge in [0.1, 0.15) is 0 Å². The quantitative estimate of drug-likeness (QED) is 0.524. The van der Waals surface area contributed by atoms with E-state index in [9.17, 15) is 9.59 Å². The molecule has 6 nitrogen and oxygen atoms in total. The van der Waals surface area contributed by atoms with Crippen LogP contribution in [0.15, 0.2) is 54.6 Å². The predicted molar refractivity (Wildman–Crippen MR) is 125 cm³/mol. The van der Waals surface area contributed by atoms with Crippen LogP contribution in [0.25, 0.3) is 22.2 Å². The summed E-state index contributed by atoms with van der Waals surface area (Å²) < 4.78 is 0. The highest BCUT2D eigenvalue weighted by molar-refractivity contribution is 6.07. The summed E-state index contributed by atoms with van der Waals surface area (Å²) in [5.41, 5.74) is 9.27. The molecule has 1 fully saturated rings. The average molecular weight is 432 g/mol. The SMILES string of the molecule is NCC1CCC(CNC(=O)c2cc(-c3cccc(CC(=O)O)c3)nc3ccccc23)CC1. The molecule has 4 rings (SSSR count). The van der Waals surface area contributed by atoms with Crippen molar-refractivity contribution < 1.29 is 14.7 Å². The number of hydrogen-bond donors (Lipinski definition) is 3. The van der Waals surface area contributed by atoms with Gasteiger partial charge in [-0.15, -0.1) is 0 Å². The number of aromatic nitrogens is 1. The second kappa shape index (κ2) is 9.92. The van der Waals surface area contributed by atoms with Gasteiger partial charge in [0.05, 0.1) is 23.2 Å². The number of aliphatic carboxylic acids is 1. The molecule has 0 aliphatic heterocycles. The van der Waals surface area contributed by atoms with Gasteiger partial charge in [-0.3, -0.25) is 9.59 Å². The minimum absolute atomic E-state index is 0.0544. The van der Waals surface area contributed by atoms with Gasteiger partial charge in [-0.25, -0.2) is 4.98 Å². The maximum absolute atomic E-state index is 13.2. The second-order valence-corrected chi connectivity index (χ2v) is 8.68. The summed E-state index contributed by atoms with van der Waals surface area (Å²) >= 11 is 0. The molecule has 1 aliphatic carbocycles. The Balaban J connectivity index is 1.58. The van der Waals surface area contributed by atoms with E-state index in [1.54, 1.807) is 6.07 Å². The molecule has 2 aromatic carbocycles. The summed E-state index contributed by atoms with van der Waals surface area (Å²) in [5.74, 6) is 0.120. The van der Waals surface area contributed by atoms with E-state index in [0.29, 0.717) is 35.2 Å². The zero-order valence-corrected chi connectivity index (χ0v) is 18.1. The first kappa shape index (κ1) is 22.0. The van der Waals surface area contributed by atoms with Crippen LogP contribution in [0.2, 0.25) is 0 Å². The Morgan fingerprint density at radius 3 is 2.50 bits per heavy atom. The minimum Gasteiger partial charge on any atom is -0.481 e. The Morgan fingerprint density at radius 2 is 1.75 bits per heavy atom. The molecule has 0 bridgehead atoms. The lowest BCUT2D eigenvalue weighted by atomic mass is 9.82. The zero-order chi connectivity index (χ0) is 22.5.